The second kappa shape index (κ2) is 6.04. The molecule has 1 N–H and O–H groups in total. The number of rotatable bonds is 4. The van der Waals surface area contributed by atoms with Crippen LogP contribution in [0.15, 0.2) is 0 Å². The SMILES string of the molecule is CNc1nc(OC)nc(N(C)C2CCCC(C)C2)n1. The molecule has 19 heavy (non-hydrogen) atoms. The molecule has 1 aromatic heterocycles. The summed E-state index contributed by atoms with van der Waals surface area (Å²) in [4.78, 5) is 15.0. The molecule has 1 heterocycles. The van der Waals surface area contributed by atoms with Gasteiger partial charge >= 0.3 is 6.01 Å². The molecule has 0 spiro atoms. The fraction of sp³-hybridized carbons (Fsp3) is 0.769. The molecule has 0 aliphatic heterocycles. The maximum Gasteiger partial charge on any atom is 0.322 e. The molecular weight excluding hydrogens is 242 g/mol. The van der Waals surface area contributed by atoms with E-state index in [9.17, 15) is 0 Å². The van der Waals surface area contributed by atoms with E-state index >= 15 is 0 Å². The predicted molar refractivity (Wildman–Crippen MR) is 75.7 cm³/mol. The van der Waals surface area contributed by atoms with E-state index in [2.05, 4.69) is 39.1 Å². The van der Waals surface area contributed by atoms with Crippen LogP contribution in [0.25, 0.3) is 0 Å². The van der Waals surface area contributed by atoms with Crippen molar-refractivity contribution in [1.82, 2.24) is 15.0 Å². The van der Waals surface area contributed by atoms with Gasteiger partial charge in [0.05, 0.1) is 7.11 Å². The Kier molecular flexibility index (Phi) is 4.39. The number of anilines is 2. The van der Waals surface area contributed by atoms with Gasteiger partial charge in [-0.2, -0.15) is 15.0 Å². The lowest BCUT2D eigenvalue weighted by Crippen LogP contribution is -2.36. The third-order valence-corrected chi connectivity index (χ3v) is 3.78. The first-order valence-electron chi connectivity index (χ1n) is 6.84. The molecule has 2 unspecified atom stereocenters. The van der Waals surface area contributed by atoms with Crippen LogP contribution >= 0.6 is 0 Å². The van der Waals surface area contributed by atoms with Crippen LogP contribution in [0.3, 0.4) is 0 Å². The Morgan fingerprint density at radius 3 is 2.68 bits per heavy atom. The first kappa shape index (κ1) is 13.8. The average molecular weight is 265 g/mol. The van der Waals surface area contributed by atoms with Gasteiger partial charge in [0.2, 0.25) is 11.9 Å². The Balaban J connectivity index is 2.19. The van der Waals surface area contributed by atoms with Crippen molar-refractivity contribution < 1.29 is 4.74 Å². The first-order chi connectivity index (χ1) is 9.13. The van der Waals surface area contributed by atoms with E-state index in [0.29, 0.717) is 23.9 Å². The zero-order chi connectivity index (χ0) is 13.8. The number of methoxy groups -OCH3 is 1. The molecule has 2 atom stereocenters. The summed E-state index contributed by atoms with van der Waals surface area (Å²) in [6, 6.07) is 0.852. The highest BCUT2D eigenvalue weighted by atomic mass is 16.5. The lowest BCUT2D eigenvalue weighted by molar-refractivity contribution is 0.332. The summed E-state index contributed by atoms with van der Waals surface area (Å²) < 4.78 is 5.13. The van der Waals surface area contributed by atoms with E-state index in [1.807, 2.05) is 0 Å². The minimum absolute atomic E-state index is 0.352. The summed E-state index contributed by atoms with van der Waals surface area (Å²) in [5.41, 5.74) is 0. The summed E-state index contributed by atoms with van der Waals surface area (Å²) in [7, 11) is 5.42. The molecule has 2 rings (SSSR count). The van der Waals surface area contributed by atoms with Crippen molar-refractivity contribution in [3.05, 3.63) is 0 Å². The zero-order valence-electron chi connectivity index (χ0n) is 12.2. The van der Waals surface area contributed by atoms with E-state index in [1.165, 1.54) is 25.7 Å². The molecule has 1 aromatic rings. The zero-order valence-corrected chi connectivity index (χ0v) is 12.2. The predicted octanol–water partition coefficient (Wildman–Crippen LogP) is 1.94. The van der Waals surface area contributed by atoms with E-state index in [4.69, 9.17) is 4.74 Å². The topological polar surface area (TPSA) is 63.2 Å². The Morgan fingerprint density at radius 2 is 2.05 bits per heavy atom. The van der Waals surface area contributed by atoms with Gasteiger partial charge in [-0.25, -0.2) is 0 Å². The van der Waals surface area contributed by atoms with Gasteiger partial charge < -0.3 is 15.0 Å². The molecule has 1 saturated carbocycles. The third-order valence-electron chi connectivity index (χ3n) is 3.78. The molecule has 0 amide bonds. The van der Waals surface area contributed by atoms with Gasteiger partial charge in [-0.1, -0.05) is 19.8 Å². The van der Waals surface area contributed by atoms with Crippen molar-refractivity contribution >= 4 is 11.9 Å². The minimum atomic E-state index is 0.352. The van der Waals surface area contributed by atoms with Crippen LogP contribution in [0, 0.1) is 5.92 Å². The van der Waals surface area contributed by atoms with Crippen molar-refractivity contribution in [1.29, 1.82) is 0 Å². The van der Waals surface area contributed by atoms with Crippen molar-refractivity contribution in [2.75, 3.05) is 31.4 Å². The minimum Gasteiger partial charge on any atom is -0.467 e. The van der Waals surface area contributed by atoms with Crippen LogP contribution in [-0.2, 0) is 0 Å². The van der Waals surface area contributed by atoms with E-state index < -0.39 is 0 Å². The van der Waals surface area contributed by atoms with Gasteiger partial charge in [0, 0.05) is 20.1 Å². The Bertz CT molecular complexity index is 403. The lowest BCUT2D eigenvalue weighted by atomic mass is 9.86. The fourth-order valence-corrected chi connectivity index (χ4v) is 2.62. The normalized spacial score (nSPS) is 22.9. The Morgan fingerprint density at radius 1 is 1.26 bits per heavy atom. The first-order valence-corrected chi connectivity index (χ1v) is 6.84. The number of ether oxygens (including phenoxy) is 1. The number of hydrogen-bond donors (Lipinski definition) is 1. The van der Waals surface area contributed by atoms with Gasteiger partial charge in [-0.05, 0) is 18.8 Å². The number of aromatic nitrogens is 3. The van der Waals surface area contributed by atoms with Gasteiger partial charge in [-0.15, -0.1) is 0 Å². The van der Waals surface area contributed by atoms with E-state index in [-0.39, 0.29) is 0 Å². The summed E-state index contributed by atoms with van der Waals surface area (Å²) in [5.74, 6) is 1.99. The highest BCUT2D eigenvalue weighted by Crippen LogP contribution is 2.28. The standard InChI is InChI=1S/C13H23N5O/c1-9-6-5-7-10(8-9)18(3)12-15-11(14-2)16-13(17-12)19-4/h9-10H,5-8H2,1-4H3,(H,14,15,16,17). The molecule has 0 radical (unpaired) electrons. The smallest absolute Gasteiger partial charge is 0.322 e. The number of hydrogen-bond acceptors (Lipinski definition) is 6. The maximum absolute atomic E-state index is 5.13. The lowest BCUT2D eigenvalue weighted by Gasteiger charge is -2.34. The van der Waals surface area contributed by atoms with Crippen molar-refractivity contribution in [3.8, 4) is 6.01 Å². The number of nitrogens with one attached hydrogen (secondary N) is 1. The molecule has 0 aromatic carbocycles. The number of nitrogens with zero attached hydrogens (tertiary/aromatic N) is 4. The second-order valence-corrected chi connectivity index (χ2v) is 5.23. The van der Waals surface area contributed by atoms with Crippen LogP contribution < -0.4 is 15.0 Å². The second-order valence-electron chi connectivity index (χ2n) is 5.23. The van der Waals surface area contributed by atoms with Gasteiger partial charge in [0.15, 0.2) is 0 Å². The van der Waals surface area contributed by atoms with Crippen LogP contribution in [0.1, 0.15) is 32.6 Å². The molecule has 0 saturated heterocycles. The highest BCUT2D eigenvalue weighted by molar-refractivity contribution is 5.38. The van der Waals surface area contributed by atoms with Crippen molar-refractivity contribution in [2.45, 2.75) is 38.6 Å². The van der Waals surface area contributed by atoms with Crippen LogP contribution in [0.5, 0.6) is 6.01 Å². The van der Waals surface area contributed by atoms with Gasteiger partial charge in [0.1, 0.15) is 0 Å². The van der Waals surface area contributed by atoms with E-state index in [1.54, 1.807) is 14.2 Å². The Hall–Kier alpha value is -1.59. The summed E-state index contributed by atoms with van der Waals surface area (Å²) in [6.45, 7) is 2.31. The quantitative estimate of drug-likeness (QED) is 0.897. The monoisotopic (exact) mass is 265 g/mol. The summed E-state index contributed by atoms with van der Waals surface area (Å²) in [6.07, 6.45) is 4.99. The van der Waals surface area contributed by atoms with Gasteiger partial charge in [0.25, 0.3) is 0 Å². The molecule has 1 aliphatic carbocycles. The average Bonchev–Trinajstić information content (AvgIpc) is 2.45. The van der Waals surface area contributed by atoms with Crippen LogP contribution in [0.4, 0.5) is 11.9 Å². The fourth-order valence-electron chi connectivity index (χ4n) is 2.62. The molecule has 6 nitrogen and oxygen atoms in total. The molecular formula is C13H23N5O. The van der Waals surface area contributed by atoms with Crippen molar-refractivity contribution in [2.24, 2.45) is 5.92 Å². The summed E-state index contributed by atoms with van der Waals surface area (Å²) >= 11 is 0. The van der Waals surface area contributed by atoms with Crippen LogP contribution in [-0.4, -0.2) is 42.2 Å². The molecule has 6 heteroatoms. The van der Waals surface area contributed by atoms with E-state index in [0.717, 1.165) is 5.92 Å². The summed E-state index contributed by atoms with van der Waals surface area (Å²) in [5, 5.41) is 2.94. The van der Waals surface area contributed by atoms with Gasteiger partial charge in [-0.3, -0.25) is 0 Å². The third kappa shape index (κ3) is 3.24. The van der Waals surface area contributed by atoms with Crippen molar-refractivity contribution in [3.63, 3.8) is 0 Å². The largest absolute Gasteiger partial charge is 0.467 e. The molecule has 106 valence electrons. The highest BCUT2D eigenvalue weighted by Gasteiger charge is 2.24. The Labute approximate surface area is 114 Å². The van der Waals surface area contributed by atoms with Crippen LogP contribution in [0.2, 0.25) is 0 Å². The molecule has 0 bridgehead atoms. The molecule has 1 aliphatic rings. The molecule has 1 fully saturated rings. The maximum atomic E-state index is 5.13.